The molecule has 1 spiro atoms. The van der Waals surface area contributed by atoms with E-state index in [0.29, 0.717) is 4.75 Å². The minimum Gasteiger partial charge on any atom is -0.410 e. The summed E-state index contributed by atoms with van der Waals surface area (Å²) in [6.45, 7) is 27.9. The molecule has 0 aromatic rings. The maximum atomic E-state index is 6.92. The van der Waals surface area contributed by atoms with Crippen LogP contribution in [0.1, 0.15) is 60.8 Å². The van der Waals surface area contributed by atoms with Crippen LogP contribution in [0, 0.1) is 0 Å². The molecule has 1 saturated carbocycles. The molecule has 2 aliphatic rings. The van der Waals surface area contributed by atoms with Gasteiger partial charge in [-0.15, -0.1) is 0 Å². The van der Waals surface area contributed by atoms with Crippen molar-refractivity contribution in [2.24, 2.45) is 0 Å². The first-order valence-electron chi connectivity index (χ1n) is 10.3. The Kier molecular flexibility index (Phi) is 6.96. The van der Waals surface area contributed by atoms with Gasteiger partial charge >= 0.3 is 0 Å². The van der Waals surface area contributed by atoms with Crippen molar-refractivity contribution in [1.29, 1.82) is 0 Å². The third kappa shape index (κ3) is 5.29. The van der Waals surface area contributed by atoms with Gasteiger partial charge in [-0.3, -0.25) is 0 Å². The number of hydrogen-bond acceptors (Lipinski definition) is 4. The summed E-state index contributed by atoms with van der Waals surface area (Å²) >= 11 is 0. The monoisotopic (exact) mass is 446 g/mol. The Hall–Kier alpha value is 0.794. The molecule has 0 amide bonds. The SMILES string of the molecule is C=C1[C@H](O[Si](C)(C)C(C)(C)C)CC2(CCSS2)C[C@H]1O[Si](C)(C)C(C)(C)C. The molecule has 0 aromatic carbocycles. The Morgan fingerprint density at radius 2 is 1.30 bits per heavy atom. The van der Waals surface area contributed by atoms with Gasteiger partial charge < -0.3 is 8.85 Å². The van der Waals surface area contributed by atoms with Gasteiger partial charge in [-0.2, -0.15) is 0 Å². The Morgan fingerprint density at radius 3 is 1.59 bits per heavy atom. The van der Waals surface area contributed by atoms with Gasteiger partial charge in [-0.25, -0.2) is 0 Å². The van der Waals surface area contributed by atoms with Crippen molar-refractivity contribution in [3.05, 3.63) is 12.2 Å². The van der Waals surface area contributed by atoms with Crippen LogP contribution in [0.25, 0.3) is 0 Å². The van der Waals surface area contributed by atoms with Crippen LogP contribution in [-0.4, -0.2) is 39.3 Å². The van der Waals surface area contributed by atoms with Crippen molar-refractivity contribution in [2.75, 3.05) is 5.75 Å². The van der Waals surface area contributed by atoms with Crippen LogP contribution in [0.4, 0.5) is 0 Å². The van der Waals surface area contributed by atoms with Crippen molar-refractivity contribution in [3.8, 4) is 0 Å². The van der Waals surface area contributed by atoms with E-state index in [1.54, 1.807) is 0 Å². The zero-order valence-electron chi connectivity index (χ0n) is 19.3. The van der Waals surface area contributed by atoms with Crippen LogP contribution in [0.5, 0.6) is 0 Å². The molecule has 6 heteroatoms. The lowest BCUT2D eigenvalue weighted by molar-refractivity contribution is 0.0919. The van der Waals surface area contributed by atoms with Crippen molar-refractivity contribution < 1.29 is 8.85 Å². The van der Waals surface area contributed by atoms with Crippen molar-refractivity contribution >= 4 is 38.2 Å². The van der Waals surface area contributed by atoms with E-state index in [1.807, 2.05) is 10.8 Å². The molecule has 2 rings (SSSR count). The normalized spacial score (nSPS) is 31.0. The summed E-state index contributed by atoms with van der Waals surface area (Å²) < 4.78 is 14.1. The minimum absolute atomic E-state index is 0.139. The van der Waals surface area contributed by atoms with E-state index in [9.17, 15) is 0 Å². The number of rotatable bonds is 4. The van der Waals surface area contributed by atoms with Gasteiger partial charge in [0, 0.05) is 10.5 Å². The van der Waals surface area contributed by atoms with Crippen LogP contribution in [-0.2, 0) is 8.85 Å². The Bertz CT molecular complexity index is 514. The fraction of sp³-hybridized carbons (Fsp3) is 0.905. The third-order valence-corrected chi connectivity index (χ3v) is 19.6. The highest BCUT2D eigenvalue weighted by molar-refractivity contribution is 8.77. The van der Waals surface area contributed by atoms with Gasteiger partial charge in [-0.1, -0.05) is 69.7 Å². The van der Waals surface area contributed by atoms with Crippen LogP contribution >= 0.6 is 21.6 Å². The molecule has 2 nitrogen and oxygen atoms in total. The van der Waals surface area contributed by atoms with Crippen molar-refractivity contribution in [3.63, 3.8) is 0 Å². The molecule has 1 saturated heterocycles. The minimum atomic E-state index is -1.85. The summed E-state index contributed by atoms with van der Waals surface area (Å²) in [5, 5.41) is 0.427. The largest absolute Gasteiger partial charge is 0.410 e. The highest BCUT2D eigenvalue weighted by Crippen LogP contribution is 2.57. The Morgan fingerprint density at radius 1 is 0.889 bits per heavy atom. The molecule has 0 radical (unpaired) electrons. The van der Waals surface area contributed by atoms with Crippen LogP contribution in [0.2, 0.25) is 36.3 Å². The van der Waals surface area contributed by atoms with Crippen molar-refractivity contribution in [1.82, 2.24) is 0 Å². The molecule has 158 valence electrons. The lowest BCUT2D eigenvalue weighted by Gasteiger charge is -2.49. The molecule has 27 heavy (non-hydrogen) atoms. The smallest absolute Gasteiger partial charge is 0.192 e. The molecule has 0 unspecified atom stereocenters. The molecular formula is C21H42O2S2Si2. The molecule has 0 aromatic heterocycles. The van der Waals surface area contributed by atoms with E-state index in [1.165, 1.54) is 17.7 Å². The molecule has 1 heterocycles. The summed E-state index contributed by atoms with van der Waals surface area (Å²) in [6.07, 6.45) is 3.76. The fourth-order valence-corrected chi connectivity index (χ4v) is 9.30. The highest BCUT2D eigenvalue weighted by Gasteiger charge is 2.51. The first-order valence-corrected chi connectivity index (χ1v) is 18.5. The second kappa shape index (κ2) is 7.80. The van der Waals surface area contributed by atoms with E-state index in [0.717, 1.165) is 12.8 Å². The Labute approximate surface area is 178 Å². The summed E-state index contributed by atoms with van der Waals surface area (Å²) in [5.41, 5.74) is 1.20. The van der Waals surface area contributed by atoms with E-state index < -0.39 is 16.6 Å². The quantitative estimate of drug-likeness (QED) is 0.251. The van der Waals surface area contributed by atoms with E-state index in [4.69, 9.17) is 8.85 Å². The van der Waals surface area contributed by atoms with Gasteiger partial charge in [-0.05, 0) is 61.1 Å². The maximum absolute atomic E-state index is 6.92. The lowest BCUT2D eigenvalue weighted by atomic mass is 9.80. The zero-order chi connectivity index (χ0) is 20.9. The molecule has 2 atom stereocenters. The predicted octanol–water partition coefficient (Wildman–Crippen LogP) is 7.64. The Balaban J connectivity index is 2.29. The molecule has 1 aliphatic carbocycles. The first kappa shape index (κ1) is 24.1. The summed E-state index contributed by atoms with van der Waals surface area (Å²) in [6, 6.07) is 0. The van der Waals surface area contributed by atoms with Gasteiger partial charge in [0.1, 0.15) is 0 Å². The molecule has 0 bridgehead atoms. The van der Waals surface area contributed by atoms with Gasteiger partial charge in [0.25, 0.3) is 0 Å². The average molecular weight is 447 g/mol. The maximum Gasteiger partial charge on any atom is 0.192 e. The van der Waals surface area contributed by atoms with Crippen LogP contribution in [0.15, 0.2) is 12.2 Å². The van der Waals surface area contributed by atoms with Crippen LogP contribution < -0.4 is 0 Å². The molecule has 1 aliphatic heterocycles. The first-order chi connectivity index (χ1) is 12.0. The molecular weight excluding hydrogens is 405 g/mol. The van der Waals surface area contributed by atoms with Crippen LogP contribution in [0.3, 0.4) is 0 Å². The van der Waals surface area contributed by atoms with Gasteiger partial charge in [0.2, 0.25) is 0 Å². The second-order valence-corrected chi connectivity index (χ2v) is 24.0. The number of hydrogen-bond donors (Lipinski definition) is 0. The third-order valence-electron chi connectivity index (χ3n) is 7.30. The topological polar surface area (TPSA) is 18.5 Å². The standard InChI is InChI=1S/C21H42O2S2Si2/c1-16-17(22-26(8,9)19(2,3)4)14-21(12-13-24-25-21)15-18(16)23-27(10,11)20(5,6)7/h17-18H,1,12-15H2,2-11H3/t17-,18-/m1/s1. The van der Waals surface area contributed by atoms with Gasteiger partial charge in [0.05, 0.1) is 12.2 Å². The molecule has 0 N–H and O–H groups in total. The summed E-state index contributed by atoms with van der Waals surface area (Å²) in [7, 11) is 0.423. The van der Waals surface area contributed by atoms with Crippen molar-refractivity contribution in [2.45, 2.75) is 114 Å². The fourth-order valence-electron chi connectivity index (χ4n) is 3.24. The molecule has 2 fully saturated rings. The highest BCUT2D eigenvalue weighted by atomic mass is 33.1. The van der Waals surface area contributed by atoms with E-state index in [-0.39, 0.29) is 22.3 Å². The summed E-state index contributed by atoms with van der Waals surface area (Å²) in [5.74, 6) is 1.25. The van der Waals surface area contributed by atoms with E-state index in [2.05, 4.69) is 85.1 Å². The lowest BCUT2D eigenvalue weighted by Crippen LogP contribution is -2.53. The zero-order valence-corrected chi connectivity index (χ0v) is 23.0. The second-order valence-electron chi connectivity index (χ2n) is 11.6. The predicted molar refractivity (Wildman–Crippen MR) is 130 cm³/mol. The van der Waals surface area contributed by atoms with Gasteiger partial charge in [0.15, 0.2) is 16.6 Å². The summed E-state index contributed by atoms with van der Waals surface area (Å²) in [4.78, 5) is 0. The van der Waals surface area contributed by atoms with E-state index >= 15 is 0 Å². The average Bonchev–Trinajstić information content (AvgIpc) is 2.89.